The highest BCUT2D eigenvalue weighted by Gasteiger charge is 2.36. The molecular weight excluding hydrogens is 369 g/mol. The molecule has 0 radical (unpaired) electrons. The topological polar surface area (TPSA) is 49.4 Å². The van der Waals surface area contributed by atoms with Gasteiger partial charge in [0.15, 0.2) is 0 Å². The summed E-state index contributed by atoms with van der Waals surface area (Å²) in [5.74, 6) is -0.732. The second kappa shape index (κ2) is 7.66. The predicted molar refractivity (Wildman–Crippen MR) is 101 cm³/mol. The van der Waals surface area contributed by atoms with E-state index >= 15 is 0 Å². The van der Waals surface area contributed by atoms with E-state index in [2.05, 4.69) is 19.2 Å². The highest BCUT2D eigenvalue weighted by atomic mass is 19.4. The third-order valence-corrected chi connectivity index (χ3v) is 4.85. The maximum atomic E-state index is 12.7. The first-order chi connectivity index (χ1) is 13.1. The van der Waals surface area contributed by atoms with Gasteiger partial charge in [0.25, 0.3) is 0 Å². The van der Waals surface area contributed by atoms with Gasteiger partial charge in [-0.15, -0.1) is 0 Å². The molecule has 1 unspecified atom stereocenters. The van der Waals surface area contributed by atoms with Crippen molar-refractivity contribution in [3.05, 3.63) is 59.7 Å². The highest BCUT2D eigenvalue weighted by molar-refractivity contribution is 6.03. The summed E-state index contributed by atoms with van der Waals surface area (Å²) in [6.45, 7) is 4.29. The summed E-state index contributed by atoms with van der Waals surface area (Å²) in [6.07, 6.45) is -4.40. The van der Waals surface area contributed by atoms with Gasteiger partial charge >= 0.3 is 6.18 Å². The largest absolute Gasteiger partial charge is 0.416 e. The minimum absolute atomic E-state index is 0.0247. The average Bonchev–Trinajstić information content (AvgIpc) is 3.03. The summed E-state index contributed by atoms with van der Waals surface area (Å²) >= 11 is 0. The van der Waals surface area contributed by atoms with Crippen LogP contribution in [-0.2, 0) is 15.8 Å². The van der Waals surface area contributed by atoms with E-state index in [1.54, 1.807) is 0 Å². The molecule has 1 aliphatic rings. The van der Waals surface area contributed by atoms with Crippen molar-refractivity contribution >= 4 is 23.2 Å². The van der Waals surface area contributed by atoms with Gasteiger partial charge in [0.2, 0.25) is 11.8 Å². The zero-order valence-corrected chi connectivity index (χ0v) is 15.6. The van der Waals surface area contributed by atoms with Crippen LogP contribution in [0, 0.1) is 5.92 Å². The molecule has 0 spiro atoms. The van der Waals surface area contributed by atoms with Crippen molar-refractivity contribution in [2.24, 2.45) is 5.92 Å². The Bertz CT molecular complexity index is 859. The van der Waals surface area contributed by atoms with Crippen molar-refractivity contribution in [1.29, 1.82) is 0 Å². The summed E-state index contributed by atoms with van der Waals surface area (Å²) in [6, 6.07) is 11.9. The lowest BCUT2D eigenvalue weighted by Gasteiger charge is -2.17. The van der Waals surface area contributed by atoms with Gasteiger partial charge in [0.1, 0.15) is 0 Å². The van der Waals surface area contributed by atoms with E-state index in [0.29, 0.717) is 17.3 Å². The number of benzene rings is 2. The molecule has 1 heterocycles. The van der Waals surface area contributed by atoms with Gasteiger partial charge in [-0.3, -0.25) is 9.59 Å². The van der Waals surface area contributed by atoms with Gasteiger partial charge in [-0.25, -0.2) is 0 Å². The molecule has 0 bridgehead atoms. The van der Waals surface area contributed by atoms with Crippen LogP contribution in [0.1, 0.15) is 37.3 Å². The summed E-state index contributed by atoms with van der Waals surface area (Å²) in [4.78, 5) is 26.1. The lowest BCUT2D eigenvalue weighted by atomic mass is 10.0. The molecule has 0 aromatic heterocycles. The summed E-state index contributed by atoms with van der Waals surface area (Å²) in [7, 11) is 0. The molecule has 3 rings (SSSR count). The number of hydrogen-bond donors (Lipinski definition) is 1. The standard InChI is InChI=1S/C21H21F3N2O2/c1-13(2)14-3-7-17(8-4-14)25-20(28)15-11-19(27)26(12-15)18-9-5-16(6-10-18)21(22,23)24/h3-10,13,15H,11-12H2,1-2H3,(H,25,28). The van der Waals surface area contributed by atoms with Gasteiger partial charge in [0.05, 0.1) is 11.5 Å². The van der Waals surface area contributed by atoms with Crippen LogP contribution < -0.4 is 10.2 Å². The number of nitrogens with one attached hydrogen (secondary N) is 1. The average molecular weight is 390 g/mol. The van der Waals surface area contributed by atoms with E-state index < -0.39 is 17.7 Å². The predicted octanol–water partition coefficient (Wildman–Crippen LogP) is 4.82. The number of halogens is 3. The Balaban J connectivity index is 1.65. The number of carbonyl (C=O) groups excluding carboxylic acids is 2. The van der Waals surface area contributed by atoms with Crippen LogP contribution in [0.15, 0.2) is 48.5 Å². The minimum atomic E-state index is -4.43. The molecule has 2 aromatic carbocycles. The Morgan fingerprint density at radius 3 is 2.21 bits per heavy atom. The number of hydrogen-bond acceptors (Lipinski definition) is 2. The minimum Gasteiger partial charge on any atom is -0.326 e. The van der Waals surface area contributed by atoms with E-state index in [0.717, 1.165) is 17.7 Å². The number of carbonyl (C=O) groups is 2. The second-order valence-corrected chi connectivity index (χ2v) is 7.22. The molecule has 1 atom stereocenters. The first-order valence-corrected chi connectivity index (χ1v) is 9.03. The van der Waals surface area contributed by atoms with E-state index in [1.165, 1.54) is 17.0 Å². The molecule has 1 fully saturated rings. The summed E-state index contributed by atoms with van der Waals surface area (Å²) < 4.78 is 38.1. The first-order valence-electron chi connectivity index (χ1n) is 9.03. The zero-order valence-electron chi connectivity index (χ0n) is 15.6. The number of rotatable bonds is 4. The summed E-state index contributed by atoms with van der Waals surface area (Å²) in [5, 5.41) is 2.80. The van der Waals surface area contributed by atoms with Crippen molar-refractivity contribution in [2.45, 2.75) is 32.4 Å². The van der Waals surface area contributed by atoms with Gasteiger partial charge in [0, 0.05) is 24.3 Å². The van der Waals surface area contributed by atoms with Crippen molar-refractivity contribution in [3.63, 3.8) is 0 Å². The van der Waals surface area contributed by atoms with E-state index in [1.807, 2.05) is 24.3 Å². The smallest absolute Gasteiger partial charge is 0.326 e. The monoisotopic (exact) mass is 390 g/mol. The quantitative estimate of drug-likeness (QED) is 0.814. The maximum Gasteiger partial charge on any atom is 0.416 e. The van der Waals surface area contributed by atoms with Crippen molar-refractivity contribution in [1.82, 2.24) is 0 Å². The fraction of sp³-hybridized carbons (Fsp3) is 0.333. The molecule has 7 heteroatoms. The lowest BCUT2D eigenvalue weighted by Crippen LogP contribution is -2.28. The summed E-state index contributed by atoms with van der Waals surface area (Å²) in [5.41, 5.74) is 1.38. The van der Waals surface area contributed by atoms with Crippen LogP contribution in [0.4, 0.5) is 24.5 Å². The van der Waals surface area contributed by atoms with E-state index in [4.69, 9.17) is 0 Å². The molecule has 1 aliphatic heterocycles. The van der Waals surface area contributed by atoms with E-state index in [-0.39, 0.29) is 24.8 Å². The fourth-order valence-corrected chi connectivity index (χ4v) is 3.16. The first kappa shape index (κ1) is 19.9. The SMILES string of the molecule is CC(C)c1ccc(NC(=O)C2CC(=O)N(c3ccc(C(F)(F)F)cc3)C2)cc1. The van der Waals surface area contributed by atoms with E-state index in [9.17, 15) is 22.8 Å². The van der Waals surface area contributed by atoms with Crippen LogP contribution in [0.3, 0.4) is 0 Å². The molecule has 1 saturated heterocycles. The molecule has 2 amide bonds. The molecule has 0 aliphatic carbocycles. The molecule has 0 saturated carbocycles. The van der Waals surface area contributed by atoms with Crippen LogP contribution in [-0.4, -0.2) is 18.4 Å². The number of alkyl halides is 3. The molecule has 28 heavy (non-hydrogen) atoms. The molecule has 2 aromatic rings. The Kier molecular flexibility index (Phi) is 5.45. The maximum absolute atomic E-state index is 12.7. The molecule has 1 N–H and O–H groups in total. The fourth-order valence-electron chi connectivity index (χ4n) is 3.16. The third kappa shape index (κ3) is 4.35. The van der Waals surface area contributed by atoms with Crippen LogP contribution in [0.2, 0.25) is 0 Å². The van der Waals surface area contributed by atoms with Gasteiger partial charge in [-0.2, -0.15) is 13.2 Å². The van der Waals surface area contributed by atoms with Gasteiger partial charge < -0.3 is 10.2 Å². The second-order valence-electron chi connectivity index (χ2n) is 7.22. The molecule has 4 nitrogen and oxygen atoms in total. The van der Waals surface area contributed by atoms with Crippen LogP contribution in [0.25, 0.3) is 0 Å². The molecule has 148 valence electrons. The number of nitrogens with zero attached hydrogens (tertiary/aromatic N) is 1. The zero-order chi connectivity index (χ0) is 20.5. The number of amides is 2. The molecular formula is C21H21F3N2O2. The normalized spacial score (nSPS) is 17.3. The Hall–Kier alpha value is -2.83. The van der Waals surface area contributed by atoms with Crippen LogP contribution >= 0.6 is 0 Å². The van der Waals surface area contributed by atoms with Crippen LogP contribution in [0.5, 0.6) is 0 Å². The van der Waals surface area contributed by atoms with Gasteiger partial charge in [-0.1, -0.05) is 26.0 Å². The Labute approximate surface area is 161 Å². The Morgan fingerprint density at radius 1 is 1.07 bits per heavy atom. The lowest BCUT2D eigenvalue weighted by molar-refractivity contribution is -0.137. The van der Waals surface area contributed by atoms with Crippen molar-refractivity contribution < 1.29 is 22.8 Å². The van der Waals surface area contributed by atoms with Gasteiger partial charge in [-0.05, 0) is 47.9 Å². The Morgan fingerprint density at radius 2 is 1.68 bits per heavy atom. The number of anilines is 2. The van der Waals surface area contributed by atoms with Crippen molar-refractivity contribution in [3.8, 4) is 0 Å². The third-order valence-electron chi connectivity index (χ3n) is 4.85. The highest BCUT2D eigenvalue weighted by Crippen LogP contribution is 2.32. The van der Waals surface area contributed by atoms with Crippen molar-refractivity contribution in [2.75, 3.05) is 16.8 Å².